The van der Waals surface area contributed by atoms with E-state index < -0.39 is 0 Å². The predicted molar refractivity (Wildman–Crippen MR) is 142 cm³/mol. The quantitative estimate of drug-likeness (QED) is 0.319. The molecule has 0 radical (unpaired) electrons. The van der Waals surface area contributed by atoms with Crippen LogP contribution in [0, 0.1) is 0 Å². The molecule has 0 saturated carbocycles. The molecule has 0 aliphatic rings. The first-order valence-electron chi connectivity index (χ1n) is 12.6. The van der Waals surface area contributed by atoms with Crippen LogP contribution in [0.1, 0.15) is 38.8 Å². The monoisotopic (exact) mass is 488 g/mol. The first kappa shape index (κ1) is 28.6. The van der Waals surface area contributed by atoms with Gasteiger partial charge in [-0.05, 0) is 63.3 Å². The lowest BCUT2D eigenvalue weighted by atomic mass is 10.1. The number of likely N-dealkylation sites (N-methyl/N-ethyl adjacent to an activating group) is 2. The maximum Gasteiger partial charge on any atom is 0.167 e. The normalized spacial score (nSPS) is 11.1. The van der Waals surface area contributed by atoms with Gasteiger partial charge in [0.05, 0.1) is 28.4 Å². The third-order valence-corrected chi connectivity index (χ3v) is 6.58. The van der Waals surface area contributed by atoms with Gasteiger partial charge in [0.2, 0.25) is 0 Å². The van der Waals surface area contributed by atoms with Crippen molar-refractivity contribution in [3.63, 3.8) is 0 Å². The average Bonchev–Trinajstić information content (AvgIpc) is 2.90. The van der Waals surface area contributed by atoms with Crippen LogP contribution in [-0.2, 0) is 12.8 Å². The van der Waals surface area contributed by atoms with Crippen LogP contribution in [0.5, 0.6) is 34.5 Å². The molecule has 0 bridgehead atoms. The fourth-order valence-electron chi connectivity index (χ4n) is 4.35. The van der Waals surface area contributed by atoms with Crippen molar-refractivity contribution in [2.24, 2.45) is 0 Å². The Labute approximate surface area is 211 Å². The van der Waals surface area contributed by atoms with Gasteiger partial charge in [0.15, 0.2) is 23.0 Å². The Balaban J connectivity index is 2.53. The topological polar surface area (TPSA) is 52.6 Å². The highest BCUT2D eigenvalue weighted by Gasteiger charge is 2.21. The van der Waals surface area contributed by atoms with Crippen molar-refractivity contribution >= 4 is 0 Å². The van der Waals surface area contributed by atoms with E-state index in [4.69, 9.17) is 23.7 Å². The summed E-state index contributed by atoms with van der Waals surface area (Å²) in [5.74, 6) is 4.33. The van der Waals surface area contributed by atoms with Crippen LogP contribution in [0.25, 0.3) is 0 Å². The molecule has 196 valence electrons. The molecule has 0 spiro atoms. The zero-order valence-corrected chi connectivity index (χ0v) is 22.9. The fraction of sp³-hybridized carbons (Fsp3) is 0.571. The van der Waals surface area contributed by atoms with E-state index in [1.165, 1.54) is 0 Å². The largest absolute Gasteiger partial charge is 0.493 e. The lowest BCUT2D eigenvalue weighted by Crippen LogP contribution is -2.25. The molecule has 0 aliphatic carbocycles. The standard InChI is InChI=1S/C28H44N2O5/c1-9-29(10-2)19-17-21-23(13-15-25(31-5)27(21)33-7)35-24-14-16-26(32-6)28(34-8)22(24)18-20-30(11-3)12-4/h13-16H,9-12,17-20H2,1-8H3. The molecular formula is C28H44N2O5. The van der Waals surface area contributed by atoms with Gasteiger partial charge in [0.25, 0.3) is 0 Å². The van der Waals surface area contributed by atoms with E-state index in [0.29, 0.717) is 23.0 Å². The molecule has 0 amide bonds. The summed E-state index contributed by atoms with van der Waals surface area (Å²) in [6.07, 6.45) is 1.55. The highest BCUT2D eigenvalue weighted by molar-refractivity contribution is 5.58. The number of hydrogen-bond donors (Lipinski definition) is 0. The second-order valence-corrected chi connectivity index (χ2v) is 8.21. The Bertz CT molecular complexity index is 837. The predicted octanol–water partition coefficient (Wildman–Crippen LogP) is 5.28. The van der Waals surface area contributed by atoms with Crippen LogP contribution >= 0.6 is 0 Å². The molecule has 7 heteroatoms. The summed E-state index contributed by atoms with van der Waals surface area (Å²) in [6, 6.07) is 7.71. The zero-order valence-electron chi connectivity index (χ0n) is 22.9. The molecule has 2 aromatic rings. The summed E-state index contributed by atoms with van der Waals surface area (Å²) in [7, 11) is 6.67. The molecule has 0 saturated heterocycles. The van der Waals surface area contributed by atoms with E-state index in [1.54, 1.807) is 28.4 Å². The Kier molecular flexibility index (Phi) is 12.0. The summed E-state index contributed by atoms with van der Waals surface area (Å²) in [5, 5.41) is 0. The lowest BCUT2D eigenvalue weighted by molar-refractivity contribution is 0.298. The van der Waals surface area contributed by atoms with Crippen molar-refractivity contribution in [1.29, 1.82) is 0 Å². The number of ether oxygens (including phenoxy) is 5. The van der Waals surface area contributed by atoms with Gasteiger partial charge in [-0.15, -0.1) is 0 Å². The Morgan fingerprint density at radius 3 is 1.14 bits per heavy atom. The van der Waals surface area contributed by atoms with Crippen molar-refractivity contribution < 1.29 is 23.7 Å². The van der Waals surface area contributed by atoms with E-state index in [0.717, 1.165) is 74.7 Å². The van der Waals surface area contributed by atoms with Crippen LogP contribution in [0.15, 0.2) is 24.3 Å². The van der Waals surface area contributed by atoms with Crippen LogP contribution in [0.2, 0.25) is 0 Å². The number of methoxy groups -OCH3 is 4. The van der Waals surface area contributed by atoms with E-state index in [1.807, 2.05) is 24.3 Å². The second kappa shape index (κ2) is 14.7. The maximum absolute atomic E-state index is 6.62. The average molecular weight is 489 g/mol. The van der Waals surface area contributed by atoms with Gasteiger partial charge in [0, 0.05) is 24.2 Å². The minimum Gasteiger partial charge on any atom is -0.493 e. The maximum atomic E-state index is 6.62. The summed E-state index contributed by atoms with van der Waals surface area (Å²) in [4.78, 5) is 4.77. The van der Waals surface area contributed by atoms with E-state index >= 15 is 0 Å². The number of benzene rings is 2. The highest BCUT2D eigenvalue weighted by Crippen LogP contribution is 2.43. The zero-order chi connectivity index (χ0) is 25.8. The van der Waals surface area contributed by atoms with Gasteiger partial charge in [-0.1, -0.05) is 27.7 Å². The Morgan fingerprint density at radius 2 is 0.857 bits per heavy atom. The van der Waals surface area contributed by atoms with E-state index in [-0.39, 0.29) is 0 Å². The molecule has 35 heavy (non-hydrogen) atoms. The third kappa shape index (κ3) is 7.18. The highest BCUT2D eigenvalue weighted by atomic mass is 16.5. The van der Waals surface area contributed by atoms with Gasteiger partial charge in [-0.3, -0.25) is 0 Å². The summed E-state index contributed by atoms with van der Waals surface area (Å²) < 4.78 is 29.4. The molecule has 0 fully saturated rings. The van der Waals surface area contributed by atoms with E-state index in [9.17, 15) is 0 Å². The number of nitrogens with zero attached hydrogens (tertiary/aromatic N) is 2. The smallest absolute Gasteiger partial charge is 0.167 e. The van der Waals surface area contributed by atoms with Crippen LogP contribution in [-0.4, -0.2) is 77.5 Å². The van der Waals surface area contributed by atoms with Crippen molar-refractivity contribution in [3.05, 3.63) is 35.4 Å². The van der Waals surface area contributed by atoms with Gasteiger partial charge in [0.1, 0.15) is 11.5 Å². The summed E-state index contributed by atoms with van der Waals surface area (Å²) in [6.45, 7) is 14.5. The van der Waals surface area contributed by atoms with Crippen LogP contribution in [0.4, 0.5) is 0 Å². The van der Waals surface area contributed by atoms with Crippen LogP contribution < -0.4 is 23.7 Å². The fourth-order valence-corrected chi connectivity index (χ4v) is 4.35. The molecule has 0 atom stereocenters. The molecule has 2 rings (SSSR count). The Morgan fingerprint density at radius 1 is 0.514 bits per heavy atom. The van der Waals surface area contributed by atoms with Gasteiger partial charge in [-0.2, -0.15) is 0 Å². The second-order valence-electron chi connectivity index (χ2n) is 8.21. The van der Waals surface area contributed by atoms with Gasteiger partial charge in [-0.25, -0.2) is 0 Å². The summed E-state index contributed by atoms with van der Waals surface area (Å²) in [5.41, 5.74) is 1.98. The first-order valence-corrected chi connectivity index (χ1v) is 12.6. The Hall–Kier alpha value is -2.64. The first-order chi connectivity index (χ1) is 17.0. The summed E-state index contributed by atoms with van der Waals surface area (Å²) >= 11 is 0. The molecule has 0 heterocycles. The molecule has 0 unspecified atom stereocenters. The minimum atomic E-state index is 0.698. The molecule has 2 aromatic carbocycles. The van der Waals surface area contributed by atoms with Crippen LogP contribution in [0.3, 0.4) is 0 Å². The molecule has 0 N–H and O–H groups in total. The van der Waals surface area contributed by atoms with Crippen molar-refractivity contribution in [1.82, 2.24) is 9.80 Å². The molecular weight excluding hydrogens is 444 g/mol. The third-order valence-electron chi connectivity index (χ3n) is 6.58. The van der Waals surface area contributed by atoms with Gasteiger partial charge >= 0.3 is 0 Å². The SMILES string of the molecule is CCN(CC)CCc1c(Oc2ccc(OC)c(OC)c2CCN(CC)CC)ccc(OC)c1OC. The lowest BCUT2D eigenvalue weighted by Gasteiger charge is -2.23. The number of hydrogen-bond acceptors (Lipinski definition) is 7. The molecule has 0 aromatic heterocycles. The van der Waals surface area contributed by atoms with Crippen molar-refractivity contribution in [3.8, 4) is 34.5 Å². The minimum absolute atomic E-state index is 0.698. The number of rotatable bonds is 16. The van der Waals surface area contributed by atoms with Crippen molar-refractivity contribution in [2.45, 2.75) is 40.5 Å². The molecule has 7 nitrogen and oxygen atoms in total. The van der Waals surface area contributed by atoms with Crippen molar-refractivity contribution in [2.75, 3.05) is 67.7 Å². The van der Waals surface area contributed by atoms with E-state index in [2.05, 4.69) is 37.5 Å². The molecule has 0 aliphatic heterocycles. The van der Waals surface area contributed by atoms with Gasteiger partial charge < -0.3 is 33.5 Å².